The van der Waals surface area contributed by atoms with E-state index in [4.69, 9.17) is 0 Å². The maximum absolute atomic E-state index is 11.6. The number of rotatable bonds is 0. The molecule has 0 spiro atoms. The standard InChI is InChI=1S/C10H16OS/c1-10(2)4-3-9(11)7-5-12-6-8(7)10/h7-8H,3-6H2,1-2H3. The molecule has 1 aliphatic carbocycles. The average Bonchev–Trinajstić information content (AvgIpc) is 2.46. The third-order valence-electron chi connectivity index (χ3n) is 3.51. The van der Waals surface area contributed by atoms with Crippen molar-refractivity contribution in [3.63, 3.8) is 0 Å². The maximum Gasteiger partial charge on any atom is 0.137 e. The highest BCUT2D eigenvalue weighted by molar-refractivity contribution is 7.99. The van der Waals surface area contributed by atoms with Crippen LogP contribution in [0.1, 0.15) is 26.7 Å². The van der Waals surface area contributed by atoms with Gasteiger partial charge in [0.15, 0.2) is 0 Å². The summed E-state index contributed by atoms with van der Waals surface area (Å²) in [6.07, 6.45) is 1.93. The first-order chi connectivity index (χ1) is 5.61. The van der Waals surface area contributed by atoms with Crippen molar-refractivity contribution in [2.45, 2.75) is 26.7 Å². The molecular formula is C10H16OS. The summed E-state index contributed by atoms with van der Waals surface area (Å²) < 4.78 is 0. The van der Waals surface area contributed by atoms with Gasteiger partial charge in [-0.2, -0.15) is 11.8 Å². The van der Waals surface area contributed by atoms with Crippen molar-refractivity contribution < 1.29 is 4.79 Å². The third kappa shape index (κ3) is 1.20. The fraction of sp³-hybridized carbons (Fsp3) is 0.900. The molecule has 68 valence electrons. The van der Waals surface area contributed by atoms with Gasteiger partial charge in [0.2, 0.25) is 0 Å². The molecule has 1 aliphatic heterocycles. The Morgan fingerprint density at radius 3 is 2.83 bits per heavy atom. The highest BCUT2D eigenvalue weighted by atomic mass is 32.2. The second kappa shape index (κ2) is 2.76. The molecule has 2 fully saturated rings. The van der Waals surface area contributed by atoms with Gasteiger partial charge in [0.05, 0.1) is 0 Å². The number of Topliss-reactive ketones (excluding diaryl/α,β-unsaturated/α-hetero) is 1. The van der Waals surface area contributed by atoms with Gasteiger partial charge in [-0.05, 0) is 23.5 Å². The quantitative estimate of drug-likeness (QED) is 0.575. The van der Waals surface area contributed by atoms with Gasteiger partial charge in [0.25, 0.3) is 0 Å². The molecule has 0 aromatic rings. The zero-order valence-corrected chi connectivity index (χ0v) is 8.62. The molecule has 0 N–H and O–H groups in total. The van der Waals surface area contributed by atoms with Crippen molar-refractivity contribution in [2.75, 3.05) is 11.5 Å². The average molecular weight is 184 g/mol. The van der Waals surface area contributed by atoms with Gasteiger partial charge in [-0.15, -0.1) is 0 Å². The molecule has 0 aromatic carbocycles. The maximum atomic E-state index is 11.6. The lowest BCUT2D eigenvalue weighted by molar-refractivity contribution is -0.128. The highest BCUT2D eigenvalue weighted by Gasteiger charge is 2.45. The first kappa shape index (κ1) is 8.61. The Morgan fingerprint density at radius 1 is 1.42 bits per heavy atom. The fourth-order valence-electron chi connectivity index (χ4n) is 2.46. The zero-order valence-electron chi connectivity index (χ0n) is 7.80. The Hall–Kier alpha value is 0.0200. The van der Waals surface area contributed by atoms with Gasteiger partial charge in [0, 0.05) is 18.1 Å². The Bertz CT molecular complexity index is 210. The number of hydrogen-bond acceptors (Lipinski definition) is 2. The van der Waals surface area contributed by atoms with Gasteiger partial charge in [-0.25, -0.2) is 0 Å². The van der Waals surface area contributed by atoms with Crippen LogP contribution < -0.4 is 0 Å². The molecule has 1 heterocycles. The molecule has 0 amide bonds. The van der Waals surface area contributed by atoms with E-state index in [2.05, 4.69) is 13.8 Å². The summed E-state index contributed by atoms with van der Waals surface area (Å²) in [5, 5.41) is 0. The van der Waals surface area contributed by atoms with Crippen LogP contribution >= 0.6 is 11.8 Å². The van der Waals surface area contributed by atoms with Crippen molar-refractivity contribution in [1.82, 2.24) is 0 Å². The van der Waals surface area contributed by atoms with E-state index in [9.17, 15) is 4.79 Å². The molecule has 2 heteroatoms. The van der Waals surface area contributed by atoms with Crippen LogP contribution in [0.2, 0.25) is 0 Å². The molecule has 2 rings (SSSR count). The van der Waals surface area contributed by atoms with E-state index < -0.39 is 0 Å². The van der Waals surface area contributed by atoms with Gasteiger partial charge in [-0.3, -0.25) is 4.79 Å². The van der Waals surface area contributed by atoms with Crippen molar-refractivity contribution in [1.29, 1.82) is 0 Å². The molecule has 12 heavy (non-hydrogen) atoms. The number of carbonyl (C=O) groups excluding carboxylic acids is 1. The Labute approximate surface area is 78.3 Å². The van der Waals surface area contributed by atoms with Crippen LogP contribution in [-0.4, -0.2) is 17.3 Å². The molecule has 0 bridgehead atoms. The van der Waals surface area contributed by atoms with E-state index in [0.717, 1.165) is 18.6 Å². The number of fused-ring (bicyclic) bond motifs is 1. The summed E-state index contributed by atoms with van der Waals surface area (Å²) >= 11 is 1.96. The minimum absolute atomic E-state index is 0.402. The summed E-state index contributed by atoms with van der Waals surface area (Å²) in [5.74, 6) is 3.91. The SMILES string of the molecule is CC1(C)CCC(=O)C2CSCC21. The molecule has 2 atom stereocenters. The largest absolute Gasteiger partial charge is 0.299 e. The third-order valence-corrected chi connectivity index (χ3v) is 4.70. The van der Waals surface area contributed by atoms with Crippen molar-refractivity contribution >= 4 is 17.5 Å². The van der Waals surface area contributed by atoms with E-state index in [-0.39, 0.29) is 0 Å². The van der Waals surface area contributed by atoms with Gasteiger partial charge < -0.3 is 0 Å². The summed E-state index contributed by atoms with van der Waals surface area (Å²) in [6.45, 7) is 4.64. The highest BCUT2D eigenvalue weighted by Crippen LogP contribution is 2.48. The smallest absolute Gasteiger partial charge is 0.137 e. The van der Waals surface area contributed by atoms with Gasteiger partial charge in [-0.1, -0.05) is 13.8 Å². The van der Waals surface area contributed by atoms with E-state index in [1.165, 1.54) is 5.75 Å². The number of hydrogen-bond donors (Lipinski definition) is 0. The fourth-order valence-corrected chi connectivity index (χ4v) is 4.20. The Balaban J connectivity index is 2.22. The van der Waals surface area contributed by atoms with Gasteiger partial charge >= 0.3 is 0 Å². The minimum atomic E-state index is 0.402. The van der Waals surface area contributed by atoms with Crippen LogP contribution in [0.25, 0.3) is 0 Å². The lowest BCUT2D eigenvalue weighted by Crippen LogP contribution is -2.39. The first-order valence-corrected chi connectivity index (χ1v) is 5.87. The van der Waals surface area contributed by atoms with Crippen molar-refractivity contribution in [3.8, 4) is 0 Å². The number of thioether (sulfide) groups is 1. The zero-order chi connectivity index (χ0) is 8.77. The van der Waals surface area contributed by atoms with E-state index in [0.29, 0.717) is 23.0 Å². The van der Waals surface area contributed by atoms with Crippen LogP contribution in [-0.2, 0) is 4.79 Å². The topological polar surface area (TPSA) is 17.1 Å². The Kier molecular flexibility index (Phi) is 1.98. The number of carbonyl (C=O) groups is 1. The predicted octanol–water partition coefficient (Wildman–Crippen LogP) is 2.35. The minimum Gasteiger partial charge on any atom is -0.299 e. The summed E-state index contributed by atoms with van der Waals surface area (Å²) in [4.78, 5) is 11.6. The van der Waals surface area contributed by atoms with Crippen molar-refractivity contribution in [2.24, 2.45) is 17.3 Å². The summed E-state index contributed by atoms with van der Waals surface area (Å²) in [7, 11) is 0. The lowest BCUT2D eigenvalue weighted by Gasteiger charge is -2.39. The molecule has 0 radical (unpaired) electrons. The van der Waals surface area contributed by atoms with Crippen LogP contribution in [0, 0.1) is 17.3 Å². The molecule has 2 aliphatic rings. The van der Waals surface area contributed by atoms with E-state index >= 15 is 0 Å². The molecular weight excluding hydrogens is 168 g/mol. The summed E-state index contributed by atoms with van der Waals surface area (Å²) in [6, 6.07) is 0. The summed E-state index contributed by atoms with van der Waals surface area (Å²) in [5.41, 5.74) is 0.419. The molecule has 1 nitrogen and oxygen atoms in total. The van der Waals surface area contributed by atoms with E-state index in [1.54, 1.807) is 0 Å². The Morgan fingerprint density at radius 2 is 2.17 bits per heavy atom. The first-order valence-electron chi connectivity index (χ1n) is 4.72. The normalized spacial score (nSPS) is 39.7. The van der Waals surface area contributed by atoms with Crippen molar-refractivity contribution in [3.05, 3.63) is 0 Å². The van der Waals surface area contributed by atoms with Crippen LogP contribution in [0.4, 0.5) is 0 Å². The second-order valence-electron chi connectivity index (χ2n) is 4.71. The van der Waals surface area contributed by atoms with Crippen LogP contribution in [0.3, 0.4) is 0 Å². The van der Waals surface area contributed by atoms with Crippen LogP contribution in [0.5, 0.6) is 0 Å². The predicted molar refractivity (Wildman–Crippen MR) is 52.3 cm³/mol. The molecule has 2 unspecified atom stereocenters. The second-order valence-corrected chi connectivity index (χ2v) is 5.78. The van der Waals surface area contributed by atoms with Crippen LogP contribution in [0.15, 0.2) is 0 Å². The molecule has 1 saturated heterocycles. The molecule has 0 aromatic heterocycles. The lowest BCUT2D eigenvalue weighted by atomic mass is 9.65. The van der Waals surface area contributed by atoms with E-state index in [1.807, 2.05) is 11.8 Å². The number of ketones is 1. The van der Waals surface area contributed by atoms with Gasteiger partial charge in [0.1, 0.15) is 5.78 Å². The monoisotopic (exact) mass is 184 g/mol. The molecule has 1 saturated carbocycles.